The van der Waals surface area contributed by atoms with Gasteiger partial charge in [0.15, 0.2) is 23.0 Å². The van der Waals surface area contributed by atoms with Gasteiger partial charge in [0.1, 0.15) is 0 Å². The molecule has 1 fully saturated rings. The molecule has 0 saturated heterocycles. The van der Waals surface area contributed by atoms with Gasteiger partial charge < -0.3 is 14.2 Å². The molecule has 0 aromatic heterocycles. The molecule has 0 amide bonds. The van der Waals surface area contributed by atoms with E-state index in [1.165, 1.54) is 12.1 Å². The molecule has 1 aliphatic carbocycles. The molecular formula is C25H27F5O3. The van der Waals surface area contributed by atoms with Crippen LogP contribution in [0.4, 0.5) is 22.0 Å². The number of rotatable bonds is 7. The maximum absolute atomic E-state index is 15.1. The standard InChI is InChI=1S/C25H27F5O3/c1-3-5-14-6-9-17(10-7-14)25(29,30)33-18-11-8-15-12-16-13-19(31-4-2)20(26)22(28)24(16)32-23(15)21(18)27/h8,11,13-14,17H,3-7,9-10,12H2,1-2H3. The van der Waals surface area contributed by atoms with Gasteiger partial charge in [0, 0.05) is 17.5 Å². The third-order valence-electron chi connectivity index (χ3n) is 6.50. The number of fused-ring (bicyclic) bond motifs is 2. The minimum absolute atomic E-state index is 0.0248. The molecule has 0 radical (unpaired) electrons. The summed E-state index contributed by atoms with van der Waals surface area (Å²) < 4.78 is 88.8. The molecule has 1 saturated carbocycles. The van der Waals surface area contributed by atoms with Gasteiger partial charge in [-0.25, -0.2) is 0 Å². The van der Waals surface area contributed by atoms with Gasteiger partial charge in [-0.05, 0) is 50.7 Å². The van der Waals surface area contributed by atoms with E-state index in [-0.39, 0.29) is 24.3 Å². The Labute approximate surface area is 189 Å². The van der Waals surface area contributed by atoms with Crippen LogP contribution in [-0.4, -0.2) is 12.7 Å². The van der Waals surface area contributed by atoms with Crippen LogP contribution in [0.3, 0.4) is 0 Å². The summed E-state index contributed by atoms with van der Waals surface area (Å²) in [7, 11) is 0. The van der Waals surface area contributed by atoms with Gasteiger partial charge in [0.05, 0.1) is 12.5 Å². The van der Waals surface area contributed by atoms with Crippen LogP contribution in [0.5, 0.6) is 23.0 Å². The molecular weight excluding hydrogens is 443 g/mol. The van der Waals surface area contributed by atoms with Crippen molar-refractivity contribution in [1.29, 1.82) is 0 Å². The van der Waals surface area contributed by atoms with Gasteiger partial charge in [-0.15, -0.1) is 0 Å². The molecule has 33 heavy (non-hydrogen) atoms. The van der Waals surface area contributed by atoms with Gasteiger partial charge in [-0.1, -0.05) is 25.8 Å². The van der Waals surface area contributed by atoms with Crippen molar-refractivity contribution in [2.75, 3.05) is 6.61 Å². The van der Waals surface area contributed by atoms with Crippen LogP contribution in [0, 0.1) is 29.3 Å². The molecule has 180 valence electrons. The predicted molar refractivity (Wildman–Crippen MR) is 113 cm³/mol. The zero-order valence-corrected chi connectivity index (χ0v) is 18.7. The number of hydrogen-bond donors (Lipinski definition) is 0. The molecule has 3 nitrogen and oxygen atoms in total. The summed E-state index contributed by atoms with van der Waals surface area (Å²) in [5.41, 5.74) is 0.580. The molecule has 4 rings (SSSR count). The third-order valence-corrected chi connectivity index (χ3v) is 6.50. The molecule has 8 heteroatoms. The number of halogens is 5. The zero-order chi connectivity index (χ0) is 23.8. The molecule has 2 aromatic carbocycles. The lowest BCUT2D eigenvalue weighted by molar-refractivity contribution is -0.224. The molecule has 1 aliphatic heterocycles. The topological polar surface area (TPSA) is 27.7 Å². The fraction of sp³-hybridized carbons (Fsp3) is 0.520. The Kier molecular flexibility index (Phi) is 6.73. The van der Waals surface area contributed by atoms with E-state index in [1.807, 2.05) is 0 Å². The average Bonchev–Trinajstić information content (AvgIpc) is 2.79. The number of alkyl halides is 2. The van der Waals surface area contributed by atoms with E-state index < -0.39 is 46.7 Å². The first-order valence-electron chi connectivity index (χ1n) is 11.4. The highest BCUT2D eigenvalue weighted by Gasteiger charge is 2.44. The van der Waals surface area contributed by atoms with E-state index >= 15 is 4.39 Å². The summed E-state index contributed by atoms with van der Waals surface area (Å²) >= 11 is 0. The van der Waals surface area contributed by atoms with Crippen molar-refractivity contribution in [3.63, 3.8) is 0 Å². The number of hydrogen-bond acceptors (Lipinski definition) is 3. The van der Waals surface area contributed by atoms with Crippen LogP contribution in [0.2, 0.25) is 0 Å². The van der Waals surface area contributed by atoms with Crippen molar-refractivity contribution < 1.29 is 36.2 Å². The van der Waals surface area contributed by atoms with Crippen LogP contribution >= 0.6 is 0 Å². The Hall–Kier alpha value is -2.51. The van der Waals surface area contributed by atoms with Gasteiger partial charge in [0.2, 0.25) is 17.5 Å². The highest BCUT2D eigenvalue weighted by Crippen LogP contribution is 2.47. The summed E-state index contributed by atoms with van der Waals surface area (Å²) in [6.45, 7) is 3.84. The van der Waals surface area contributed by atoms with Crippen molar-refractivity contribution in [2.24, 2.45) is 11.8 Å². The zero-order valence-electron chi connectivity index (χ0n) is 18.7. The van der Waals surface area contributed by atoms with E-state index in [9.17, 15) is 17.6 Å². The van der Waals surface area contributed by atoms with Gasteiger partial charge in [-0.3, -0.25) is 0 Å². The minimum atomic E-state index is -3.55. The highest BCUT2D eigenvalue weighted by atomic mass is 19.3. The van der Waals surface area contributed by atoms with Gasteiger partial charge in [0.25, 0.3) is 0 Å². The van der Waals surface area contributed by atoms with Crippen molar-refractivity contribution in [2.45, 2.75) is 64.9 Å². The quantitative estimate of drug-likeness (QED) is 0.330. The first-order valence-corrected chi connectivity index (χ1v) is 11.4. The second kappa shape index (κ2) is 9.39. The molecule has 0 bridgehead atoms. The molecule has 0 N–H and O–H groups in total. The molecule has 0 spiro atoms. The predicted octanol–water partition coefficient (Wildman–Crippen LogP) is 7.78. The van der Waals surface area contributed by atoms with Crippen LogP contribution in [0.1, 0.15) is 63.5 Å². The fourth-order valence-electron chi connectivity index (χ4n) is 4.78. The summed E-state index contributed by atoms with van der Waals surface area (Å²) in [6, 6.07) is 3.82. The van der Waals surface area contributed by atoms with Crippen LogP contribution in [0.25, 0.3) is 0 Å². The number of benzene rings is 2. The molecule has 0 atom stereocenters. The van der Waals surface area contributed by atoms with Crippen molar-refractivity contribution in [1.82, 2.24) is 0 Å². The van der Waals surface area contributed by atoms with Crippen LogP contribution in [-0.2, 0) is 6.42 Å². The van der Waals surface area contributed by atoms with Crippen LogP contribution < -0.4 is 14.2 Å². The smallest absolute Gasteiger partial charge is 0.400 e. The normalized spacial score (nSPS) is 20.0. The van der Waals surface area contributed by atoms with E-state index in [2.05, 4.69) is 6.92 Å². The Morgan fingerprint density at radius 2 is 1.61 bits per heavy atom. The summed E-state index contributed by atoms with van der Waals surface area (Å²) in [5.74, 6) is -6.17. The second-order valence-electron chi connectivity index (χ2n) is 8.74. The third kappa shape index (κ3) is 4.62. The SMILES string of the molecule is CCCC1CCC(C(F)(F)Oc2ccc3c(c2F)Oc2c(cc(OCC)c(F)c2F)C3)CC1. The molecule has 1 heterocycles. The van der Waals surface area contributed by atoms with E-state index in [1.54, 1.807) is 6.92 Å². The molecule has 0 unspecified atom stereocenters. The maximum atomic E-state index is 15.1. The van der Waals surface area contributed by atoms with E-state index in [0.29, 0.717) is 37.2 Å². The van der Waals surface area contributed by atoms with Crippen molar-refractivity contribution in [3.8, 4) is 23.0 Å². The lowest BCUT2D eigenvalue weighted by Gasteiger charge is -2.33. The molecule has 2 aliphatic rings. The Bertz CT molecular complexity index is 1020. The molecule has 2 aromatic rings. The Morgan fingerprint density at radius 1 is 0.909 bits per heavy atom. The van der Waals surface area contributed by atoms with Crippen molar-refractivity contribution >= 4 is 0 Å². The van der Waals surface area contributed by atoms with Crippen molar-refractivity contribution in [3.05, 3.63) is 46.8 Å². The first-order chi connectivity index (χ1) is 15.7. The Balaban J connectivity index is 1.55. The second-order valence-corrected chi connectivity index (χ2v) is 8.74. The lowest BCUT2D eigenvalue weighted by Crippen LogP contribution is -2.37. The first kappa shape index (κ1) is 23.6. The maximum Gasteiger partial charge on any atom is 0.400 e. The summed E-state index contributed by atoms with van der Waals surface area (Å²) in [5, 5.41) is 0. The monoisotopic (exact) mass is 470 g/mol. The lowest BCUT2D eigenvalue weighted by atomic mass is 9.79. The highest BCUT2D eigenvalue weighted by molar-refractivity contribution is 5.55. The van der Waals surface area contributed by atoms with E-state index in [4.69, 9.17) is 14.2 Å². The fourth-order valence-corrected chi connectivity index (χ4v) is 4.78. The number of ether oxygens (including phenoxy) is 3. The summed E-state index contributed by atoms with van der Waals surface area (Å²) in [4.78, 5) is 0. The minimum Gasteiger partial charge on any atom is -0.491 e. The largest absolute Gasteiger partial charge is 0.491 e. The van der Waals surface area contributed by atoms with Gasteiger partial charge in [-0.2, -0.15) is 22.0 Å². The Morgan fingerprint density at radius 3 is 2.27 bits per heavy atom. The van der Waals surface area contributed by atoms with Gasteiger partial charge >= 0.3 is 6.11 Å². The summed E-state index contributed by atoms with van der Waals surface area (Å²) in [6.07, 6.45) is 0.502. The van der Waals surface area contributed by atoms with E-state index in [0.717, 1.165) is 18.9 Å². The average molecular weight is 470 g/mol. The van der Waals surface area contributed by atoms with Crippen LogP contribution in [0.15, 0.2) is 18.2 Å².